The molecular weight excluding hydrogens is 506 g/mol. The molecular formula is C34H29N7. The lowest BCUT2D eigenvalue weighted by Gasteiger charge is -2.40. The highest BCUT2D eigenvalue weighted by atomic mass is 15.5. The van der Waals surface area contributed by atoms with Crippen molar-refractivity contribution in [2.75, 3.05) is 4.90 Å². The van der Waals surface area contributed by atoms with Gasteiger partial charge in [-0.05, 0) is 52.0 Å². The van der Waals surface area contributed by atoms with E-state index in [0.717, 1.165) is 44.4 Å². The SMILES string of the molecule is CC1(C)N(c2nc(-c3ccccc3)nc(-n3c4ccccc4c4ccccc43)n2)c2nc3ccccc3n2C1(C)C. The summed E-state index contributed by atoms with van der Waals surface area (Å²) in [5, 5.41) is 2.33. The first-order valence-corrected chi connectivity index (χ1v) is 13.9. The van der Waals surface area contributed by atoms with Gasteiger partial charge in [0.1, 0.15) is 0 Å². The number of fused-ring (bicyclic) bond motifs is 6. The molecule has 8 rings (SSSR count). The molecule has 0 aliphatic carbocycles. The molecule has 200 valence electrons. The van der Waals surface area contributed by atoms with E-state index in [1.165, 1.54) is 0 Å². The normalized spacial score (nSPS) is 15.7. The molecule has 0 atom stereocenters. The van der Waals surface area contributed by atoms with E-state index in [1.54, 1.807) is 0 Å². The lowest BCUT2D eigenvalue weighted by molar-refractivity contribution is 0.251. The molecule has 41 heavy (non-hydrogen) atoms. The van der Waals surface area contributed by atoms with Crippen LogP contribution in [0.5, 0.6) is 0 Å². The Morgan fingerprint density at radius 1 is 0.512 bits per heavy atom. The maximum Gasteiger partial charge on any atom is 0.240 e. The monoisotopic (exact) mass is 535 g/mol. The third-order valence-electron chi connectivity index (χ3n) is 8.98. The third kappa shape index (κ3) is 3.20. The standard InChI is InChI=1S/C34H29N7/c1-33(2)34(3,4)41(32-35-25-18-10-13-21-28(25)40(32)33)31-37-29(22-14-6-5-7-15-22)36-30(38-31)39-26-19-11-8-16-23(26)24-17-9-12-20-27(24)39/h5-21H,1-4H3. The molecule has 3 aromatic heterocycles. The zero-order chi connectivity index (χ0) is 27.9. The summed E-state index contributed by atoms with van der Waals surface area (Å²) in [5.41, 5.74) is 4.40. The molecule has 0 N–H and O–H groups in total. The highest BCUT2D eigenvalue weighted by Gasteiger charge is 2.54. The van der Waals surface area contributed by atoms with Gasteiger partial charge in [0.05, 0.1) is 33.1 Å². The van der Waals surface area contributed by atoms with E-state index in [4.69, 9.17) is 19.9 Å². The van der Waals surface area contributed by atoms with E-state index in [1.807, 2.05) is 36.4 Å². The minimum atomic E-state index is -0.396. The number of hydrogen-bond donors (Lipinski definition) is 0. The van der Waals surface area contributed by atoms with E-state index in [2.05, 4.69) is 108 Å². The van der Waals surface area contributed by atoms with E-state index in [-0.39, 0.29) is 5.54 Å². The van der Waals surface area contributed by atoms with Crippen LogP contribution in [0.2, 0.25) is 0 Å². The van der Waals surface area contributed by atoms with E-state index >= 15 is 0 Å². The Labute approximate surface area is 237 Å². The van der Waals surface area contributed by atoms with Gasteiger partial charge in [-0.15, -0.1) is 0 Å². The number of aromatic nitrogens is 6. The highest BCUT2D eigenvalue weighted by Crippen LogP contribution is 2.51. The largest absolute Gasteiger partial charge is 0.302 e. The second-order valence-electron chi connectivity index (χ2n) is 11.7. The van der Waals surface area contributed by atoms with Crippen molar-refractivity contribution in [3.8, 4) is 17.3 Å². The Hall–Kier alpha value is -5.04. The molecule has 0 amide bonds. The van der Waals surface area contributed by atoms with Gasteiger partial charge in [0, 0.05) is 16.3 Å². The van der Waals surface area contributed by atoms with Crippen molar-refractivity contribution in [1.29, 1.82) is 0 Å². The summed E-state index contributed by atoms with van der Waals surface area (Å²) < 4.78 is 4.48. The Morgan fingerprint density at radius 3 is 1.76 bits per heavy atom. The zero-order valence-corrected chi connectivity index (χ0v) is 23.4. The molecule has 0 spiro atoms. The molecule has 7 heteroatoms. The average Bonchev–Trinajstić information content (AvgIpc) is 3.58. The second-order valence-corrected chi connectivity index (χ2v) is 11.7. The van der Waals surface area contributed by atoms with Crippen LogP contribution in [0.3, 0.4) is 0 Å². The molecule has 4 aromatic carbocycles. The third-order valence-corrected chi connectivity index (χ3v) is 8.98. The first kappa shape index (κ1) is 23.8. The van der Waals surface area contributed by atoms with Gasteiger partial charge in [-0.1, -0.05) is 78.9 Å². The summed E-state index contributed by atoms with van der Waals surface area (Å²) >= 11 is 0. The molecule has 0 radical (unpaired) electrons. The number of anilines is 2. The average molecular weight is 536 g/mol. The Morgan fingerprint density at radius 2 is 1.07 bits per heavy atom. The van der Waals surface area contributed by atoms with Gasteiger partial charge in [-0.25, -0.2) is 4.98 Å². The Bertz CT molecular complexity index is 2070. The minimum Gasteiger partial charge on any atom is -0.302 e. The van der Waals surface area contributed by atoms with Crippen LogP contribution in [0, 0.1) is 0 Å². The summed E-state index contributed by atoms with van der Waals surface area (Å²) in [4.78, 5) is 22.7. The van der Waals surface area contributed by atoms with Crippen molar-refractivity contribution in [2.45, 2.75) is 38.8 Å². The number of benzene rings is 4. The smallest absolute Gasteiger partial charge is 0.240 e. The van der Waals surface area contributed by atoms with Gasteiger partial charge in [0.2, 0.25) is 17.8 Å². The lowest BCUT2D eigenvalue weighted by atomic mass is 9.82. The maximum atomic E-state index is 5.23. The van der Waals surface area contributed by atoms with Gasteiger partial charge in [-0.2, -0.15) is 15.0 Å². The molecule has 7 aromatic rings. The number of imidazole rings is 1. The molecule has 0 fully saturated rings. The lowest BCUT2D eigenvalue weighted by Crippen LogP contribution is -2.51. The Kier molecular flexibility index (Phi) is 4.78. The van der Waals surface area contributed by atoms with Crippen LogP contribution >= 0.6 is 0 Å². The number of hydrogen-bond acceptors (Lipinski definition) is 5. The predicted molar refractivity (Wildman–Crippen MR) is 165 cm³/mol. The molecule has 0 bridgehead atoms. The van der Waals surface area contributed by atoms with Crippen LogP contribution < -0.4 is 4.90 Å². The van der Waals surface area contributed by atoms with Crippen LogP contribution in [-0.2, 0) is 5.54 Å². The number of nitrogens with zero attached hydrogens (tertiary/aromatic N) is 7. The van der Waals surface area contributed by atoms with Crippen LogP contribution in [0.1, 0.15) is 27.7 Å². The molecule has 0 saturated carbocycles. The highest BCUT2D eigenvalue weighted by molar-refractivity contribution is 6.09. The molecule has 7 nitrogen and oxygen atoms in total. The maximum absolute atomic E-state index is 5.23. The summed E-state index contributed by atoms with van der Waals surface area (Å²) in [7, 11) is 0. The fourth-order valence-corrected chi connectivity index (χ4v) is 6.26. The van der Waals surface area contributed by atoms with Crippen molar-refractivity contribution in [3.63, 3.8) is 0 Å². The van der Waals surface area contributed by atoms with E-state index < -0.39 is 5.54 Å². The van der Waals surface area contributed by atoms with Crippen molar-refractivity contribution < 1.29 is 0 Å². The first-order chi connectivity index (χ1) is 19.9. The molecule has 0 saturated heterocycles. The van der Waals surface area contributed by atoms with Crippen molar-refractivity contribution >= 4 is 44.7 Å². The van der Waals surface area contributed by atoms with Gasteiger partial charge >= 0.3 is 0 Å². The van der Waals surface area contributed by atoms with Crippen LogP contribution in [0.25, 0.3) is 50.2 Å². The summed E-state index contributed by atoms with van der Waals surface area (Å²) in [6.45, 7) is 9.00. The molecule has 0 unspecified atom stereocenters. The van der Waals surface area contributed by atoms with Gasteiger partial charge in [0.25, 0.3) is 0 Å². The quantitative estimate of drug-likeness (QED) is 0.232. The predicted octanol–water partition coefficient (Wildman–Crippen LogP) is 7.65. The van der Waals surface area contributed by atoms with Crippen molar-refractivity contribution in [3.05, 3.63) is 103 Å². The van der Waals surface area contributed by atoms with Crippen LogP contribution in [0.4, 0.5) is 11.9 Å². The number of rotatable bonds is 3. The summed E-state index contributed by atoms with van der Waals surface area (Å²) in [6.07, 6.45) is 0. The topological polar surface area (TPSA) is 64.7 Å². The summed E-state index contributed by atoms with van der Waals surface area (Å²) in [6, 6.07) is 35.3. The fourth-order valence-electron chi connectivity index (χ4n) is 6.26. The van der Waals surface area contributed by atoms with Crippen molar-refractivity contribution in [1.82, 2.24) is 29.1 Å². The van der Waals surface area contributed by atoms with E-state index in [9.17, 15) is 0 Å². The van der Waals surface area contributed by atoms with Crippen LogP contribution in [0.15, 0.2) is 103 Å². The molecule has 1 aliphatic rings. The van der Waals surface area contributed by atoms with Crippen LogP contribution in [-0.4, -0.2) is 34.6 Å². The molecule has 4 heterocycles. The second kappa shape index (κ2) is 8.24. The summed E-state index contributed by atoms with van der Waals surface area (Å²) in [5.74, 6) is 2.60. The first-order valence-electron chi connectivity index (χ1n) is 13.9. The number of para-hydroxylation sites is 4. The van der Waals surface area contributed by atoms with Gasteiger partial charge in [0.15, 0.2) is 5.82 Å². The van der Waals surface area contributed by atoms with E-state index in [0.29, 0.717) is 17.7 Å². The van der Waals surface area contributed by atoms with Gasteiger partial charge in [-0.3, -0.25) is 9.47 Å². The fraction of sp³-hybridized carbons (Fsp3) is 0.176. The molecule has 1 aliphatic heterocycles. The van der Waals surface area contributed by atoms with Crippen molar-refractivity contribution in [2.24, 2.45) is 0 Å². The zero-order valence-electron chi connectivity index (χ0n) is 23.4. The van der Waals surface area contributed by atoms with Gasteiger partial charge < -0.3 is 4.57 Å². The Balaban J connectivity index is 1.45. The minimum absolute atomic E-state index is 0.301.